The highest BCUT2D eigenvalue weighted by molar-refractivity contribution is 5.76. The van der Waals surface area contributed by atoms with Gasteiger partial charge in [0, 0.05) is 26.0 Å². The van der Waals surface area contributed by atoms with Gasteiger partial charge in [0.15, 0.2) is 11.2 Å². The summed E-state index contributed by atoms with van der Waals surface area (Å²) in [4.78, 5) is 39.4. The normalized spacial score (nSPS) is 11.6. The van der Waals surface area contributed by atoms with Gasteiger partial charge in [0.05, 0.1) is 0 Å². The van der Waals surface area contributed by atoms with Crippen LogP contribution >= 0.6 is 0 Å². The maximum atomic E-state index is 12.3. The Kier molecular flexibility index (Phi) is 2.55. The lowest BCUT2D eigenvalue weighted by Gasteiger charge is -2.02. The number of hydrogen-bond acceptors (Lipinski definition) is 4. The second kappa shape index (κ2) is 4.08. The van der Waals surface area contributed by atoms with Crippen molar-refractivity contribution in [2.24, 2.45) is 14.1 Å². The molecule has 0 aliphatic rings. The Bertz CT molecular complexity index is 1020. The van der Waals surface area contributed by atoms with Crippen LogP contribution in [0, 0.1) is 6.92 Å². The van der Waals surface area contributed by atoms with E-state index in [1.807, 2.05) is 0 Å². The van der Waals surface area contributed by atoms with Gasteiger partial charge in [-0.1, -0.05) is 0 Å². The van der Waals surface area contributed by atoms with E-state index in [0.29, 0.717) is 11.5 Å². The van der Waals surface area contributed by atoms with E-state index in [2.05, 4.69) is 4.98 Å². The van der Waals surface area contributed by atoms with Gasteiger partial charge >= 0.3 is 11.7 Å². The lowest BCUT2D eigenvalue weighted by Crippen LogP contribution is -2.37. The SMILES string of the molecule is Cc1cn2c3c(=O)n(C)c(=O)n(C)c3nc2n1CC(=O)O. The fourth-order valence-electron chi connectivity index (χ4n) is 2.46. The fourth-order valence-corrected chi connectivity index (χ4v) is 2.46. The van der Waals surface area contributed by atoms with Gasteiger partial charge in [-0.3, -0.25) is 23.1 Å². The van der Waals surface area contributed by atoms with Crippen molar-refractivity contribution in [1.29, 1.82) is 0 Å². The second-order valence-electron chi connectivity index (χ2n) is 4.91. The number of aliphatic carboxylic acids is 1. The molecule has 0 atom stereocenters. The number of carboxylic acid groups (broad SMARTS) is 1. The van der Waals surface area contributed by atoms with Crippen molar-refractivity contribution in [3.63, 3.8) is 0 Å². The Hall–Kier alpha value is -2.84. The predicted octanol–water partition coefficient (Wildman–Crippen LogP) is -0.921. The average Bonchev–Trinajstić information content (AvgIpc) is 2.91. The maximum absolute atomic E-state index is 12.3. The molecule has 3 aromatic heterocycles. The molecule has 0 saturated heterocycles. The summed E-state index contributed by atoms with van der Waals surface area (Å²) < 4.78 is 5.27. The van der Waals surface area contributed by atoms with Crippen molar-refractivity contribution in [1.82, 2.24) is 23.1 Å². The highest BCUT2D eigenvalue weighted by atomic mass is 16.4. The molecule has 9 heteroatoms. The van der Waals surface area contributed by atoms with Crippen LogP contribution in [0.1, 0.15) is 5.69 Å². The summed E-state index contributed by atoms with van der Waals surface area (Å²) in [5.74, 6) is -0.687. The topological polar surface area (TPSA) is 104 Å². The van der Waals surface area contributed by atoms with Crippen LogP contribution in [0.5, 0.6) is 0 Å². The monoisotopic (exact) mass is 291 g/mol. The molecule has 0 aliphatic heterocycles. The van der Waals surface area contributed by atoms with Crippen molar-refractivity contribution in [3.8, 4) is 0 Å². The Morgan fingerprint density at radius 2 is 1.95 bits per heavy atom. The molecule has 0 bridgehead atoms. The number of hydrogen-bond donors (Lipinski definition) is 1. The van der Waals surface area contributed by atoms with Crippen LogP contribution in [-0.4, -0.2) is 34.2 Å². The number of carboxylic acids is 1. The molecule has 0 radical (unpaired) electrons. The van der Waals surface area contributed by atoms with E-state index in [1.54, 1.807) is 13.1 Å². The van der Waals surface area contributed by atoms with Crippen molar-refractivity contribution < 1.29 is 9.90 Å². The molecule has 0 aliphatic carbocycles. The average molecular weight is 291 g/mol. The van der Waals surface area contributed by atoms with Crippen LogP contribution in [0.2, 0.25) is 0 Å². The van der Waals surface area contributed by atoms with Gasteiger partial charge in [-0.05, 0) is 6.92 Å². The third-order valence-electron chi connectivity index (χ3n) is 3.55. The molecule has 3 aromatic rings. The van der Waals surface area contributed by atoms with E-state index < -0.39 is 17.2 Å². The predicted molar refractivity (Wildman–Crippen MR) is 73.5 cm³/mol. The van der Waals surface area contributed by atoms with Gasteiger partial charge in [0.25, 0.3) is 5.56 Å². The summed E-state index contributed by atoms with van der Waals surface area (Å²) in [5.41, 5.74) is 0.208. The van der Waals surface area contributed by atoms with Crippen molar-refractivity contribution in [2.45, 2.75) is 13.5 Å². The molecule has 21 heavy (non-hydrogen) atoms. The first-order chi connectivity index (χ1) is 9.82. The van der Waals surface area contributed by atoms with Crippen LogP contribution in [0.15, 0.2) is 15.8 Å². The zero-order valence-corrected chi connectivity index (χ0v) is 11.7. The largest absolute Gasteiger partial charge is 0.480 e. The van der Waals surface area contributed by atoms with Crippen LogP contribution in [0.25, 0.3) is 16.9 Å². The quantitative estimate of drug-likeness (QED) is 0.657. The third kappa shape index (κ3) is 1.63. The zero-order valence-electron chi connectivity index (χ0n) is 11.7. The molecule has 0 amide bonds. The number of aryl methyl sites for hydroxylation is 2. The minimum atomic E-state index is -1.01. The minimum Gasteiger partial charge on any atom is -0.480 e. The molecule has 0 saturated carbocycles. The van der Waals surface area contributed by atoms with Crippen molar-refractivity contribution >= 4 is 22.9 Å². The van der Waals surface area contributed by atoms with Crippen LogP contribution < -0.4 is 11.2 Å². The molecule has 9 nitrogen and oxygen atoms in total. The van der Waals surface area contributed by atoms with E-state index >= 15 is 0 Å². The van der Waals surface area contributed by atoms with Crippen LogP contribution in [0.3, 0.4) is 0 Å². The fraction of sp³-hybridized carbons (Fsp3) is 0.333. The summed E-state index contributed by atoms with van der Waals surface area (Å²) >= 11 is 0. The number of carbonyl (C=O) groups is 1. The van der Waals surface area contributed by atoms with Crippen molar-refractivity contribution in [2.75, 3.05) is 0 Å². The van der Waals surface area contributed by atoms with E-state index in [-0.39, 0.29) is 17.7 Å². The van der Waals surface area contributed by atoms with Crippen molar-refractivity contribution in [3.05, 3.63) is 32.7 Å². The van der Waals surface area contributed by atoms with Gasteiger partial charge in [-0.25, -0.2) is 4.79 Å². The summed E-state index contributed by atoms with van der Waals surface area (Å²) in [6, 6.07) is 0. The summed E-state index contributed by atoms with van der Waals surface area (Å²) in [7, 11) is 2.91. The van der Waals surface area contributed by atoms with E-state index in [4.69, 9.17) is 5.11 Å². The summed E-state index contributed by atoms with van der Waals surface area (Å²) in [6.45, 7) is 1.47. The van der Waals surface area contributed by atoms with E-state index in [0.717, 1.165) is 4.57 Å². The molecule has 0 unspecified atom stereocenters. The third-order valence-corrected chi connectivity index (χ3v) is 3.55. The smallest absolute Gasteiger partial charge is 0.332 e. The molecule has 0 fully saturated rings. The molecule has 110 valence electrons. The number of aromatic nitrogens is 5. The zero-order chi connectivity index (χ0) is 15.5. The first kappa shape index (κ1) is 13.2. The Morgan fingerprint density at radius 3 is 2.57 bits per heavy atom. The summed E-state index contributed by atoms with van der Waals surface area (Å²) in [5, 5.41) is 8.96. The molecule has 3 heterocycles. The molecular weight excluding hydrogens is 278 g/mol. The molecular formula is C12H13N5O4. The lowest BCUT2D eigenvalue weighted by atomic mass is 10.5. The number of nitrogens with zero attached hydrogens (tertiary/aromatic N) is 5. The Labute approximate surface area is 117 Å². The van der Waals surface area contributed by atoms with Gasteiger partial charge in [0.1, 0.15) is 6.54 Å². The van der Waals surface area contributed by atoms with Crippen LogP contribution in [0.4, 0.5) is 0 Å². The standard InChI is InChI=1S/C12H13N5O4/c1-6-4-17-8-9(13-11(17)16(6)5-7(18)19)14(2)12(21)15(3)10(8)20/h4H,5H2,1-3H3,(H,18,19). The molecule has 3 rings (SSSR count). The Morgan fingerprint density at radius 1 is 1.29 bits per heavy atom. The van der Waals surface area contributed by atoms with Gasteiger partial charge in [0.2, 0.25) is 5.78 Å². The number of rotatable bonds is 2. The number of fused-ring (bicyclic) bond motifs is 3. The van der Waals surface area contributed by atoms with Gasteiger partial charge in [-0.15, -0.1) is 0 Å². The highest BCUT2D eigenvalue weighted by Crippen LogP contribution is 2.15. The maximum Gasteiger partial charge on any atom is 0.332 e. The first-order valence-corrected chi connectivity index (χ1v) is 6.18. The Balaban J connectivity index is 2.54. The second-order valence-corrected chi connectivity index (χ2v) is 4.91. The lowest BCUT2D eigenvalue weighted by molar-refractivity contribution is -0.137. The highest BCUT2D eigenvalue weighted by Gasteiger charge is 2.19. The van der Waals surface area contributed by atoms with E-state index in [9.17, 15) is 14.4 Å². The van der Waals surface area contributed by atoms with Crippen LogP contribution in [-0.2, 0) is 25.4 Å². The van der Waals surface area contributed by atoms with Gasteiger partial charge < -0.3 is 9.67 Å². The molecule has 1 N–H and O–H groups in total. The minimum absolute atomic E-state index is 0.234. The van der Waals surface area contributed by atoms with E-state index in [1.165, 1.54) is 27.6 Å². The summed E-state index contributed by atoms with van der Waals surface area (Å²) in [6.07, 6.45) is 1.64. The molecule has 0 spiro atoms. The molecule has 0 aromatic carbocycles. The number of imidazole rings is 2. The first-order valence-electron chi connectivity index (χ1n) is 6.18. The van der Waals surface area contributed by atoms with Gasteiger partial charge in [-0.2, -0.15) is 4.98 Å².